The highest BCUT2D eigenvalue weighted by Crippen LogP contribution is 2.28. The molecule has 0 aliphatic heterocycles. The van der Waals surface area contributed by atoms with Crippen molar-refractivity contribution in [1.82, 2.24) is 4.31 Å². The monoisotopic (exact) mass is 311 g/mol. The normalized spacial score (nSPS) is 12.7. The average Bonchev–Trinajstić information content (AvgIpc) is 2.58. The molecule has 0 fully saturated rings. The van der Waals surface area contributed by atoms with Gasteiger partial charge in [-0.3, -0.25) is 0 Å². The van der Waals surface area contributed by atoms with Crippen molar-refractivity contribution in [3.8, 4) is 0 Å². The number of halogens is 1. The summed E-state index contributed by atoms with van der Waals surface area (Å²) in [7, 11) is -2.08. The minimum absolute atomic E-state index is 0.0350. The number of nitrogens with zero attached hydrogens (tertiary/aromatic N) is 1. The van der Waals surface area contributed by atoms with Crippen LogP contribution in [0.25, 0.3) is 0 Å². The lowest BCUT2D eigenvalue weighted by Crippen LogP contribution is -2.33. The Morgan fingerprint density at radius 2 is 2.12 bits per heavy atom. The van der Waals surface area contributed by atoms with Gasteiger partial charge >= 0.3 is 0 Å². The van der Waals surface area contributed by atoms with E-state index in [2.05, 4.69) is 15.9 Å². The van der Waals surface area contributed by atoms with E-state index in [1.165, 1.54) is 17.4 Å². The molecule has 0 aliphatic carbocycles. The Kier molecular flexibility index (Phi) is 4.17. The van der Waals surface area contributed by atoms with Crippen molar-refractivity contribution in [2.45, 2.75) is 31.4 Å². The number of rotatable bonds is 4. The van der Waals surface area contributed by atoms with Gasteiger partial charge in [-0.15, -0.1) is 0 Å². The molecule has 0 saturated carbocycles. The third-order valence-electron chi connectivity index (χ3n) is 2.25. The lowest BCUT2D eigenvalue weighted by Gasteiger charge is -2.19. The smallest absolute Gasteiger partial charge is 0.247 e. The standard InChI is InChI=1S/C9H14BrNO4S/c1-6(2)11(3)16(13,14)8-4-7(5-12)15-9(8)10/h4,6,12H,5H2,1-3H3. The van der Waals surface area contributed by atoms with Gasteiger partial charge in [-0.2, -0.15) is 4.31 Å². The van der Waals surface area contributed by atoms with E-state index in [0.29, 0.717) is 0 Å². The summed E-state index contributed by atoms with van der Waals surface area (Å²) in [6.07, 6.45) is 0. The quantitative estimate of drug-likeness (QED) is 0.916. The summed E-state index contributed by atoms with van der Waals surface area (Å²) in [5.74, 6) is 0.211. The van der Waals surface area contributed by atoms with Gasteiger partial charge in [-0.05, 0) is 29.8 Å². The molecular weight excluding hydrogens is 298 g/mol. The summed E-state index contributed by atoms with van der Waals surface area (Å²) >= 11 is 3.03. The van der Waals surface area contributed by atoms with Crippen molar-refractivity contribution < 1.29 is 17.9 Å². The molecule has 1 aromatic heterocycles. The molecule has 92 valence electrons. The first kappa shape index (κ1) is 13.7. The van der Waals surface area contributed by atoms with Gasteiger partial charge in [0.15, 0.2) is 4.67 Å². The van der Waals surface area contributed by atoms with Crippen LogP contribution in [0.15, 0.2) is 20.0 Å². The predicted molar refractivity (Wildman–Crippen MR) is 62.4 cm³/mol. The van der Waals surface area contributed by atoms with Gasteiger partial charge in [0, 0.05) is 19.2 Å². The molecule has 0 aliphatic rings. The maximum atomic E-state index is 12.1. The lowest BCUT2D eigenvalue weighted by atomic mass is 10.4. The molecule has 0 unspecified atom stereocenters. The average molecular weight is 312 g/mol. The molecule has 5 nitrogen and oxygen atoms in total. The van der Waals surface area contributed by atoms with Crippen molar-refractivity contribution in [2.75, 3.05) is 7.05 Å². The largest absolute Gasteiger partial charge is 0.450 e. The number of aliphatic hydroxyl groups is 1. The van der Waals surface area contributed by atoms with Crippen molar-refractivity contribution in [3.05, 3.63) is 16.5 Å². The third-order valence-corrected chi connectivity index (χ3v) is 5.14. The van der Waals surface area contributed by atoms with Crippen LogP contribution in [0.1, 0.15) is 19.6 Å². The molecular formula is C9H14BrNO4S. The minimum Gasteiger partial charge on any atom is -0.450 e. The summed E-state index contributed by atoms with van der Waals surface area (Å²) < 4.78 is 30.6. The maximum absolute atomic E-state index is 12.1. The van der Waals surface area contributed by atoms with Crippen LogP contribution >= 0.6 is 15.9 Å². The van der Waals surface area contributed by atoms with E-state index in [9.17, 15) is 8.42 Å². The number of furan rings is 1. The van der Waals surface area contributed by atoms with Gasteiger partial charge in [-0.25, -0.2) is 8.42 Å². The number of sulfonamides is 1. The second-order valence-corrected chi connectivity index (χ2v) is 6.31. The fraction of sp³-hybridized carbons (Fsp3) is 0.556. The van der Waals surface area contributed by atoms with E-state index >= 15 is 0 Å². The van der Waals surface area contributed by atoms with Gasteiger partial charge in [0.25, 0.3) is 0 Å². The summed E-state index contributed by atoms with van der Waals surface area (Å²) in [5, 5.41) is 8.87. The van der Waals surface area contributed by atoms with Gasteiger partial charge in [0.1, 0.15) is 17.3 Å². The topological polar surface area (TPSA) is 70.8 Å². The number of hydrogen-bond acceptors (Lipinski definition) is 4. The zero-order chi connectivity index (χ0) is 12.5. The Labute approximate surface area is 103 Å². The van der Waals surface area contributed by atoms with E-state index < -0.39 is 10.0 Å². The SMILES string of the molecule is CC(C)N(C)S(=O)(=O)c1cc(CO)oc1Br. The van der Waals surface area contributed by atoms with Crippen LogP contribution in [0, 0.1) is 0 Å². The van der Waals surface area contributed by atoms with Crippen molar-refractivity contribution in [3.63, 3.8) is 0 Å². The van der Waals surface area contributed by atoms with Crippen LogP contribution in [0.4, 0.5) is 0 Å². The minimum atomic E-state index is -3.58. The summed E-state index contributed by atoms with van der Waals surface area (Å²) in [6.45, 7) is 3.22. The Hall–Kier alpha value is -0.370. The van der Waals surface area contributed by atoms with Crippen molar-refractivity contribution >= 4 is 26.0 Å². The van der Waals surface area contributed by atoms with E-state index in [-0.39, 0.29) is 28.0 Å². The Morgan fingerprint density at radius 3 is 2.50 bits per heavy atom. The van der Waals surface area contributed by atoms with Crippen molar-refractivity contribution in [1.29, 1.82) is 0 Å². The molecule has 0 spiro atoms. The van der Waals surface area contributed by atoms with Gasteiger partial charge < -0.3 is 9.52 Å². The molecule has 0 bridgehead atoms. The van der Waals surface area contributed by atoms with Gasteiger partial charge in [0.2, 0.25) is 10.0 Å². The van der Waals surface area contributed by atoms with Crippen LogP contribution in [-0.2, 0) is 16.6 Å². The molecule has 0 radical (unpaired) electrons. The molecule has 1 N–H and O–H groups in total. The highest BCUT2D eigenvalue weighted by molar-refractivity contribution is 9.10. The zero-order valence-electron chi connectivity index (χ0n) is 9.27. The van der Waals surface area contributed by atoms with Crippen LogP contribution in [0.2, 0.25) is 0 Å². The van der Waals surface area contributed by atoms with E-state index in [4.69, 9.17) is 9.52 Å². The van der Waals surface area contributed by atoms with E-state index in [0.717, 1.165) is 0 Å². The first-order valence-electron chi connectivity index (χ1n) is 4.67. The molecule has 1 aromatic rings. The van der Waals surface area contributed by atoms with Crippen LogP contribution < -0.4 is 0 Å². The lowest BCUT2D eigenvalue weighted by molar-refractivity contribution is 0.245. The first-order chi connectivity index (χ1) is 7.30. The third kappa shape index (κ3) is 2.48. The van der Waals surface area contributed by atoms with E-state index in [1.807, 2.05) is 0 Å². The Balaban J connectivity index is 3.22. The number of hydrogen-bond donors (Lipinski definition) is 1. The van der Waals surface area contributed by atoms with Gasteiger partial charge in [-0.1, -0.05) is 0 Å². The molecule has 7 heteroatoms. The molecule has 16 heavy (non-hydrogen) atoms. The molecule has 0 amide bonds. The fourth-order valence-corrected chi connectivity index (χ4v) is 3.41. The summed E-state index contributed by atoms with van der Waals surface area (Å²) in [4.78, 5) is 0.0350. The maximum Gasteiger partial charge on any atom is 0.247 e. The van der Waals surface area contributed by atoms with Crippen LogP contribution in [0.3, 0.4) is 0 Å². The summed E-state index contributed by atoms with van der Waals surface area (Å²) in [6, 6.07) is 1.17. The Morgan fingerprint density at radius 1 is 1.56 bits per heavy atom. The Bertz CT molecular complexity index is 466. The van der Waals surface area contributed by atoms with Crippen LogP contribution in [0.5, 0.6) is 0 Å². The molecule has 0 atom stereocenters. The first-order valence-corrected chi connectivity index (χ1v) is 6.91. The zero-order valence-corrected chi connectivity index (χ0v) is 11.7. The molecule has 1 rings (SSSR count). The van der Waals surface area contributed by atoms with Gasteiger partial charge in [0.05, 0.1) is 0 Å². The van der Waals surface area contributed by atoms with Crippen LogP contribution in [-0.4, -0.2) is 30.9 Å². The highest BCUT2D eigenvalue weighted by Gasteiger charge is 2.28. The molecule has 1 heterocycles. The predicted octanol–water partition coefficient (Wildman–Crippen LogP) is 1.56. The molecule has 0 aromatic carbocycles. The number of aliphatic hydroxyl groups excluding tert-OH is 1. The van der Waals surface area contributed by atoms with Crippen molar-refractivity contribution in [2.24, 2.45) is 0 Å². The fourth-order valence-electron chi connectivity index (χ4n) is 1.08. The molecule has 0 saturated heterocycles. The van der Waals surface area contributed by atoms with E-state index in [1.54, 1.807) is 13.8 Å². The second-order valence-electron chi connectivity index (χ2n) is 3.62. The summed E-state index contributed by atoms with van der Waals surface area (Å²) in [5.41, 5.74) is 0. The highest BCUT2D eigenvalue weighted by atomic mass is 79.9. The second kappa shape index (κ2) is 4.87.